The number of amides is 1. The zero-order chi connectivity index (χ0) is 20.6. The van der Waals surface area contributed by atoms with Crippen LogP contribution < -0.4 is 15.4 Å². The second-order valence-electron chi connectivity index (χ2n) is 8.11. The minimum Gasteiger partial charge on any atom is -0.493 e. The van der Waals surface area contributed by atoms with Gasteiger partial charge in [0, 0.05) is 5.56 Å². The van der Waals surface area contributed by atoms with E-state index in [1.54, 1.807) is 6.20 Å². The van der Waals surface area contributed by atoms with Crippen molar-refractivity contribution in [2.45, 2.75) is 58.5 Å². The number of carbonyl (C=O) groups is 1. The fourth-order valence-corrected chi connectivity index (χ4v) is 3.71. The number of nitrogens with one attached hydrogen (secondary N) is 2. The first-order valence-corrected chi connectivity index (χ1v) is 10.7. The number of rotatable bonds is 9. The van der Waals surface area contributed by atoms with Crippen molar-refractivity contribution in [3.63, 3.8) is 0 Å². The third kappa shape index (κ3) is 5.79. The fourth-order valence-electron chi connectivity index (χ4n) is 3.71. The van der Waals surface area contributed by atoms with Crippen molar-refractivity contribution >= 4 is 5.91 Å². The lowest BCUT2D eigenvalue weighted by Gasteiger charge is -2.23. The third-order valence-corrected chi connectivity index (χ3v) is 5.19. The molecule has 3 rings (SSSR count). The summed E-state index contributed by atoms with van der Waals surface area (Å²) in [6.07, 6.45) is 5.54. The summed E-state index contributed by atoms with van der Waals surface area (Å²) in [5.41, 5.74) is 1.37. The summed E-state index contributed by atoms with van der Waals surface area (Å²) in [6, 6.07) is 8.12. The Morgan fingerprint density at radius 3 is 2.79 bits per heavy atom. The topological polar surface area (TPSA) is 81.1 Å². The van der Waals surface area contributed by atoms with Gasteiger partial charge in [0.2, 0.25) is 0 Å². The minimum atomic E-state index is -0.193. The van der Waals surface area contributed by atoms with Gasteiger partial charge in [-0.1, -0.05) is 44.2 Å². The molecule has 29 heavy (non-hydrogen) atoms. The molecule has 1 fully saturated rings. The molecule has 1 aromatic carbocycles. The van der Waals surface area contributed by atoms with Crippen LogP contribution >= 0.6 is 0 Å². The van der Waals surface area contributed by atoms with E-state index in [2.05, 4.69) is 41.7 Å². The van der Waals surface area contributed by atoms with Crippen LogP contribution in [0.1, 0.15) is 74.6 Å². The molecule has 2 N–H and O–H groups in total. The van der Waals surface area contributed by atoms with Gasteiger partial charge < -0.3 is 15.4 Å². The molecule has 7 nitrogen and oxygen atoms in total. The first-order chi connectivity index (χ1) is 14.1. The Balaban J connectivity index is 1.75. The van der Waals surface area contributed by atoms with Crippen molar-refractivity contribution in [3.8, 4) is 5.75 Å². The molecular weight excluding hydrogens is 366 g/mol. The second kappa shape index (κ2) is 10.4. The second-order valence-corrected chi connectivity index (χ2v) is 8.11. The summed E-state index contributed by atoms with van der Waals surface area (Å²) in [6.45, 7) is 8.99. The highest BCUT2D eigenvalue weighted by Crippen LogP contribution is 2.30. The van der Waals surface area contributed by atoms with Crippen molar-refractivity contribution < 1.29 is 9.53 Å². The van der Waals surface area contributed by atoms with Crippen LogP contribution in [-0.4, -0.2) is 40.6 Å². The fraction of sp³-hybridized carbons (Fsp3) is 0.591. The number of benzene rings is 1. The molecule has 1 saturated heterocycles. The van der Waals surface area contributed by atoms with Gasteiger partial charge in [-0.15, -0.1) is 5.10 Å². The van der Waals surface area contributed by atoms with Gasteiger partial charge in [-0.25, -0.2) is 4.68 Å². The van der Waals surface area contributed by atoms with Crippen molar-refractivity contribution in [2.75, 3.05) is 19.7 Å². The summed E-state index contributed by atoms with van der Waals surface area (Å²) in [5, 5.41) is 14.9. The number of nitrogens with zero attached hydrogens (tertiary/aromatic N) is 3. The van der Waals surface area contributed by atoms with Crippen LogP contribution in [0.25, 0.3) is 0 Å². The van der Waals surface area contributed by atoms with Crippen LogP contribution in [0.15, 0.2) is 30.5 Å². The molecule has 1 atom stereocenters. The van der Waals surface area contributed by atoms with Gasteiger partial charge in [0.25, 0.3) is 5.91 Å². The van der Waals surface area contributed by atoms with E-state index in [4.69, 9.17) is 4.74 Å². The smallest absolute Gasteiger partial charge is 0.273 e. The molecule has 1 aliphatic heterocycles. The van der Waals surface area contributed by atoms with Crippen molar-refractivity contribution in [1.29, 1.82) is 0 Å². The summed E-state index contributed by atoms with van der Waals surface area (Å²) < 4.78 is 7.77. The lowest BCUT2D eigenvalue weighted by molar-refractivity contribution is 0.0926. The van der Waals surface area contributed by atoms with E-state index >= 15 is 0 Å². The Bertz CT molecular complexity index is 783. The number of hydrogen-bond acceptors (Lipinski definition) is 5. The molecule has 7 heteroatoms. The molecule has 0 saturated carbocycles. The molecule has 2 aromatic rings. The van der Waals surface area contributed by atoms with E-state index in [0.717, 1.165) is 50.1 Å². The minimum absolute atomic E-state index is 0.139. The molecule has 0 bridgehead atoms. The molecule has 2 heterocycles. The number of aromatic nitrogens is 3. The zero-order valence-electron chi connectivity index (χ0n) is 17.7. The van der Waals surface area contributed by atoms with Gasteiger partial charge in [-0.05, 0) is 50.8 Å². The van der Waals surface area contributed by atoms with Crippen LogP contribution in [0.2, 0.25) is 0 Å². The standard InChI is InChI=1S/C22H33N5O2/c1-4-13-29-21-8-6-5-7-18(21)19(14-16(2)3)24-22(28)20-15-27(26-25-20)17-9-11-23-12-10-17/h5-8,15-17,19,23H,4,9-14H2,1-3H3,(H,24,28). The monoisotopic (exact) mass is 399 g/mol. The Hall–Kier alpha value is -2.41. The van der Waals surface area contributed by atoms with E-state index in [1.165, 1.54) is 0 Å². The lowest BCUT2D eigenvalue weighted by Crippen LogP contribution is -2.30. The molecule has 0 aliphatic carbocycles. The largest absolute Gasteiger partial charge is 0.493 e. The number of para-hydroxylation sites is 1. The number of piperidine rings is 1. The van der Waals surface area contributed by atoms with Gasteiger partial charge in [-0.3, -0.25) is 4.79 Å². The number of ether oxygens (including phenoxy) is 1. The third-order valence-electron chi connectivity index (χ3n) is 5.19. The molecule has 1 unspecified atom stereocenters. The highest BCUT2D eigenvalue weighted by Gasteiger charge is 2.23. The Labute approximate surface area is 173 Å². The number of carbonyl (C=O) groups excluding carboxylic acids is 1. The van der Waals surface area contributed by atoms with E-state index < -0.39 is 0 Å². The average molecular weight is 400 g/mol. The van der Waals surface area contributed by atoms with Crippen molar-refractivity contribution in [3.05, 3.63) is 41.7 Å². The SMILES string of the molecule is CCCOc1ccccc1C(CC(C)C)NC(=O)c1cn(C2CCNCC2)nn1. The summed E-state index contributed by atoms with van der Waals surface area (Å²) >= 11 is 0. The first-order valence-electron chi connectivity index (χ1n) is 10.7. The van der Waals surface area contributed by atoms with Gasteiger partial charge in [0.15, 0.2) is 5.69 Å². The zero-order valence-corrected chi connectivity index (χ0v) is 17.7. The molecule has 0 spiro atoms. The predicted molar refractivity (Wildman–Crippen MR) is 113 cm³/mol. The lowest BCUT2D eigenvalue weighted by atomic mass is 9.96. The van der Waals surface area contributed by atoms with E-state index in [0.29, 0.717) is 24.3 Å². The molecular formula is C22H33N5O2. The molecule has 1 amide bonds. The average Bonchev–Trinajstić information content (AvgIpc) is 3.23. The summed E-state index contributed by atoms with van der Waals surface area (Å²) in [7, 11) is 0. The van der Waals surface area contributed by atoms with Gasteiger partial charge in [0.05, 0.1) is 24.9 Å². The molecule has 1 aliphatic rings. The molecule has 0 radical (unpaired) electrons. The van der Waals surface area contributed by atoms with Gasteiger partial charge in [-0.2, -0.15) is 0 Å². The Kier molecular flexibility index (Phi) is 7.63. The Morgan fingerprint density at radius 1 is 1.31 bits per heavy atom. The number of hydrogen-bond donors (Lipinski definition) is 2. The van der Waals surface area contributed by atoms with Crippen LogP contribution in [0.5, 0.6) is 5.75 Å². The van der Waals surface area contributed by atoms with E-state index in [1.807, 2.05) is 28.9 Å². The van der Waals surface area contributed by atoms with E-state index in [9.17, 15) is 4.79 Å². The van der Waals surface area contributed by atoms with Crippen LogP contribution in [0, 0.1) is 5.92 Å². The summed E-state index contributed by atoms with van der Waals surface area (Å²) in [4.78, 5) is 13.0. The molecule has 1 aromatic heterocycles. The van der Waals surface area contributed by atoms with Gasteiger partial charge >= 0.3 is 0 Å². The quantitative estimate of drug-likeness (QED) is 0.674. The first kappa shape index (κ1) is 21.3. The van der Waals surface area contributed by atoms with Gasteiger partial charge in [0.1, 0.15) is 5.75 Å². The van der Waals surface area contributed by atoms with Crippen LogP contribution in [0.4, 0.5) is 0 Å². The van der Waals surface area contributed by atoms with Crippen LogP contribution in [-0.2, 0) is 0 Å². The normalized spacial score (nSPS) is 16.0. The van der Waals surface area contributed by atoms with Crippen molar-refractivity contribution in [2.24, 2.45) is 5.92 Å². The maximum Gasteiger partial charge on any atom is 0.273 e. The van der Waals surface area contributed by atoms with Crippen molar-refractivity contribution in [1.82, 2.24) is 25.6 Å². The highest BCUT2D eigenvalue weighted by molar-refractivity contribution is 5.92. The summed E-state index contributed by atoms with van der Waals surface area (Å²) in [5.74, 6) is 1.06. The molecule has 158 valence electrons. The van der Waals surface area contributed by atoms with Crippen LogP contribution in [0.3, 0.4) is 0 Å². The van der Waals surface area contributed by atoms with E-state index in [-0.39, 0.29) is 11.9 Å². The highest BCUT2D eigenvalue weighted by atomic mass is 16.5. The predicted octanol–water partition coefficient (Wildman–Crippen LogP) is 3.51. The Morgan fingerprint density at radius 2 is 2.07 bits per heavy atom. The maximum absolute atomic E-state index is 13.0. The maximum atomic E-state index is 13.0.